The minimum absolute atomic E-state index is 0.0476. The zero-order valence-electron chi connectivity index (χ0n) is 8.71. The average Bonchev–Trinajstić information content (AvgIpc) is 2.40. The third-order valence-electron chi connectivity index (χ3n) is 1.94. The van der Waals surface area contributed by atoms with Crippen molar-refractivity contribution in [2.45, 2.75) is 18.8 Å². The molecule has 1 atom stereocenters. The number of halogens is 4. The Bertz CT molecular complexity index is 440. The van der Waals surface area contributed by atoms with Gasteiger partial charge in [-0.25, -0.2) is 0 Å². The number of aromatic amines is 1. The van der Waals surface area contributed by atoms with Gasteiger partial charge in [-0.15, -0.1) is 0 Å². The molecule has 0 fully saturated rings. The largest absolute Gasteiger partial charge is 0.424 e. The van der Waals surface area contributed by atoms with Gasteiger partial charge in [-0.2, -0.15) is 13.2 Å². The average molecular weight is 319 g/mol. The van der Waals surface area contributed by atoms with Crippen LogP contribution in [0.2, 0.25) is 0 Å². The van der Waals surface area contributed by atoms with E-state index in [1.807, 2.05) is 5.10 Å². The van der Waals surface area contributed by atoms with Crippen molar-refractivity contribution in [3.05, 3.63) is 20.5 Å². The number of hydrogen-bond donors (Lipinski definition) is 2. The highest BCUT2D eigenvalue weighted by molar-refractivity contribution is 9.10. The van der Waals surface area contributed by atoms with E-state index in [4.69, 9.17) is 0 Å². The number of alkyl halides is 3. The summed E-state index contributed by atoms with van der Waals surface area (Å²) in [5, 5.41) is 11.3. The monoisotopic (exact) mass is 318 g/mol. The van der Waals surface area contributed by atoms with Crippen LogP contribution in [0, 0.1) is 0 Å². The fourth-order valence-electron chi connectivity index (χ4n) is 1.28. The van der Waals surface area contributed by atoms with Crippen LogP contribution in [0.4, 0.5) is 13.2 Å². The molecule has 1 rings (SSSR count). The lowest BCUT2D eigenvalue weighted by Gasteiger charge is -2.11. The molecule has 0 amide bonds. The van der Waals surface area contributed by atoms with Gasteiger partial charge in [0.25, 0.3) is 5.56 Å². The quantitative estimate of drug-likeness (QED) is 0.869. The van der Waals surface area contributed by atoms with Crippen molar-refractivity contribution in [3.63, 3.8) is 0 Å². The summed E-state index contributed by atoms with van der Waals surface area (Å²) in [5.41, 5.74) is -2.57. The minimum Gasteiger partial charge on any atom is -0.389 e. The molecule has 5 nitrogen and oxygen atoms in total. The van der Waals surface area contributed by atoms with E-state index in [1.165, 1.54) is 7.11 Å². The molecule has 17 heavy (non-hydrogen) atoms. The first kappa shape index (κ1) is 14.3. The molecule has 98 valence electrons. The fourth-order valence-corrected chi connectivity index (χ4v) is 1.92. The van der Waals surface area contributed by atoms with Crippen LogP contribution in [0.3, 0.4) is 0 Å². The lowest BCUT2D eigenvalue weighted by Crippen LogP contribution is -2.22. The summed E-state index contributed by atoms with van der Waals surface area (Å²) < 4.78 is 42.4. The first-order valence-electron chi connectivity index (χ1n) is 4.50. The van der Waals surface area contributed by atoms with Gasteiger partial charge in [-0.3, -0.25) is 14.6 Å². The normalized spacial score (nSPS) is 14.0. The van der Waals surface area contributed by atoms with E-state index >= 15 is 0 Å². The summed E-state index contributed by atoms with van der Waals surface area (Å²) in [4.78, 5) is 11.1. The van der Waals surface area contributed by atoms with Gasteiger partial charge in [0.05, 0.1) is 19.3 Å². The fraction of sp³-hybridized carbons (Fsp3) is 0.625. The van der Waals surface area contributed by atoms with E-state index in [0.717, 1.165) is 4.68 Å². The predicted molar refractivity (Wildman–Crippen MR) is 55.6 cm³/mol. The number of hydrogen-bond acceptors (Lipinski definition) is 3. The summed E-state index contributed by atoms with van der Waals surface area (Å²) in [6.45, 7) is -0.256. The van der Waals surface area contributed by atoms with Gasteiger partial charge in [0.15, 0.2) is 5.56 Å². The second kappa shape index (κ2) is 5.23. The van der Waals surface area contributed by atoms with E-state index in [9.17, 15) is 23.1 Å². The molecule has 0 bridgehead atoms. The summed E-state index contributed by atoms with van der Waals surface area (Å²) >= 11 is 2.68. The standard InChI is InChI=1S/C8H10BrF3N2O3/c1-17-3-4(15)2-14-6(9)5(7(16)13-14)8(10,11)12/h4,15H,2-3H2,1H3,(H,13,16). The summed E-state index contributed by atoms with van der Waals surface area (Å²) in [6.07, 6.45) is -5.76. The highest BCUT2D eigenvalue weighted by Gasteiger charge is 2.38. The van der Waals surface area contributed by atoms with Crippen molar-refractivity contribution >= 4 is 15.9 Å². The molecule has 9 heteroatoms. The molecule has 1 heterocycles. The van der Waals surface area contributed by atoms with Crippen molar-refractivity contribution in [1.82, 2.24) is 9.78 Å². The van der Waals surface area contributed by atoms with Gasteiger partial charge in [-0.1, -0.05) is 0 Å². The molecule has 1 aromatic heterocycles. The van der Waals surface area contributed by atoms with Crippen LogP contribution in [-0.4, -0.2) is 34.7 Å². The highest BCUT2D eigenvalue weighted by Crippen LogP contribution is 2.32. The highest BCUT2D eigenvalue weighted by atomic mass is 79.9. The lowest BCUT2D eigenvalue weighted by atomic mass is 10.3. The Morgan fingerprint density at radius 3 is 2.59 bits per heavy atom. The molecule has 1 aromatic rings. The maximum atomic E-state index is 12.5. The van der Waals surface area contributed by atoms with Crippen LogP contribution in [0.15, 0.2) is 9.40 Å². The number of nitrogens with zero attached hydrogens (tertiary/aromatic N) is 1. The van der Waals surface area contributed by atoms with Crippen LogP contribution in [0.1, 0.15) is 5.56 Å². The Kier molecular flexibility index (Phi) is 4.39. The lowest BCUT2D eigenvalue weighted by molar-refractivity contribution is -0.139. The molecule has 0 saturated heterocycles. The first-order chi connectivity index (χ1) is 7.77. The Morgan fingerprint density at radius 1 is 1.59 bits per heavy atom. The van der Waals surface area contributed by atoms with Gasteiger partial charge in [-0.05, 0) is 15.9 Å². The van der Waals surface area contributed by atoms with E-state index in [-0.39, 0.29) is 13.2 Å². The maximum Gasteiger partial charge on any atom is 0.424 e. The maximum absolute atomic E-state index is 12.5. The van der Waals surface area contributed by atoms with Crippen LogP contribution in [0.5, 0.6) is 0 Å². The number of rotatable bonds is 4. The van der Waals surface area contributed by atoms with Crippen molar-refractivity contribution in [2.75, 3.05) is 13.7 Å². The summed E-state index contributed by atoms with van der Waals surface area (Å²) in [5.74, 6) is 0. The van der Waals surface area contributed by atoms with Gasteiger partial charge in [0.2, 0.25) is 0 Å². The number of aromatic nitrogens is 2. The SMILES string of the molecule is COCC(O)Cn1[nH]c(=O)c(C(F)(F)F)c1Br. The van der Waals surface area contributed by atoms with Crippen molar-refractivity contribution in [1.29, 1.82) is 0 Å². The smallest absolute Gasteiger partial charge is 0.389 e. The van der Waals surface area contributed by atoms with E-state index < -0.39 is 28.0 Å². The number of H-pyrrole nitrogens is 1. The molecule has 0 aliphatic carbocycles. The Morgan fingerprint density at radius 2 is 2.18 bits per heavy atom. The van der Waals surface area contributed by atoms with E-state index in [2.05, 4.69) is 20.7 Å². The topological polar surface area (TPSA) is 67.2 Å². The van der Waals surface area contributed by atoms with Gasteiger partial charge in [0, 0.05) is 7.11 Å². The van der Waals surface area contributed by atoms with Gasteiger partial charge < -0.3 is 9.84 Å². The molecule has 0 radical (unpaired) electrons. The second-order valence-corrected chi connectivity index (χ2v) is 4.08. The Balaban J connectivity index is 3.01. The van der Waals surface area contributed by atoms with Crippen molar-refractivity contribution in [2.24, 2.45) is 0 Å². The molecule has 0 aliphatic rings. The number of methoxy groups -OCH3 is 1. The molecule has 0 spiro atoms. The molecule has 0 aromatic carbocycles. The van der Waals surface area contributed by atoms with Crippen LogP contribution >= 0.6 is 15.9 Å². The van der Waals surface area contributed by atoms with Crippen LogP contribution in [-0.2, 0) is 17.5 Å². The number of ether oxygens (including phenoxy) is 1. The molecule has 0 aliphatic heterocycles. The van der Waals surface area contributed by atoms with Crippen molar-refractivity contribution < 1.29 is 23.0 Å². The second-order valence-electron chi connectivity index (χ2n) is 3.32. The Labute approximate surface area is 102 Å². The van der Waals surface area contributed by atoms with Gasteiger partial charge >= 0.3 is 6.18 Å². The zero-order valence-corrected chi connectivity index (χ0v) is 10.3. The third kappa shape index (κ3) is 3.33. The molecule has 1 unspecified atom stereocenters. The Hall–Kier alpha value is -0.800. The number of aliphatic hydroxyl groups is 1. The summed E-state index contributed by atoms with van der Waals surface area (Å²) in [7, 11) is 1.35. The van der Waals surface area contributed by atoms with Crippen LogP contribution in [0.25, 0.3) is 0 Å². The molecular weight excluding hydrogens is 309 g/mol. The summed E-state index contributed by atoms with van der Waals surface area (Å²) in [6, 6.07) is 0. The van der Waals surface area contributed by atoms with E-state index in [1.54, 1.807) is 0 Å². The van der Waals surface area contributed by atoms with Gasteiger partial charge in [0.1, 0.15) is 4.60 Å². The predicted octanol–water partition coefficient (Wildman–Crippen LogP) is 0.965. The van der Waals surface area contributed by atoms with Crippen LogP contribution < -0.4 is 5.56 Å². The molecular formula is C8H10BrF3N2O3. The number of nitrogens with one attached hydrogen (secondary N) is 1. The van der Waals surface area contributed by atoms with E-state index in [0.29, 0.717) is 0 Å². The zero-order chi connectivity index (χ0) is 13.2. The third-order valence-corrected chi connectivity index (χ3v) is 2.77. The first-order valence-corrected chi connectivity index (χ1v) is 5.29. The molecule has 2 N–H and O–H groups in total. The number of aliphatic hydroxyl groups excluding tert-OH is 1. The van der Waals surface area contributed by atoms with Crippen molar-refractivity contribution in [3.8, 4) is 0 Å². The molecule has 0 saturated carbocycles. The minimum atomic E-state index is -4.75.